The molecule has 2 aromatic rings. The topological polar surface area (TPSA) is 9.23 Å². The first-order valence-corrected chi connectivity index (χ1v) is 7.79. The Labute approximate surface area is 131 Å². The second kappa shape index (κ2) is 6.10. The van der Waals surface area contributed by atoms with Gasteiger partial charge < -0.3 is 4.74 Å². The van der Waals surface area contributed by atoms with Crippen molar-refractivity contribution in [3.8, 4) is 5.75 Å². The fourth-order valence-corrected chi connectivity index (χ4v) is 3.62. The number of methoxy groups -OCH3 is 1. The predicted octanol–water partition coefficient (Wildman–Crippen LogP) is 5.56. The number of benzene rings is 2. The molecule has 0 bridgehead atoms. The first kappa shape index (κ1) is 14.6. The number of aryl methyl sites for hydroxylation is 2. The number of ether oxygens (including phenoxy) is 1. The Bertz CT molecular complexity index is 593. The molecule has 1 nitrogen and oxygen atoms in total. The first-order valence-electron chi connectivity index (χ1n) is 6.08. The van der Waals surface area contributed by atoms with Gasteiger partial charge in [0.25, 0.3) is 0 Å². The van der Waals surface area contributed by atoms with Gasteiger partial charge >= 0.3 is 0 Å². The molecule has 0 spiro atoms. The molecule has 0 N–H and O–H groups in total. The molecule has 0 radical (unpaired) electrons. The van der Waals surface area contributed by atoms with Gasteiger partial charge in [-0.05, 0) is 31.0 Å². The van der Waals surface area contributed by atoms with Crippen molar-refractivity contribution < 1.29 is 4.74 Å². The van der Waals surface area contributed by atoms with Crippen molar-refractivity contribution in [1.29, 1.82) is 0 Å². The van der Waals surface area contributed by atoms with E-state index in [-0.39, 0.29) is 4.83 Å². The van der Waals surface area contributed by atoms with Gasteiger partial charge in [0, 0.05) is 10.0 Å². The lowest BCUT2D eigenvalue weighted by Crippen LogP contribution is -1.99. The fourth-order valence-electron chi connectivity index (χ4n) is 2.09. The zero-order valence-corrected chi connectivity index (χ0v) is 14.4. The van der Waals surface area contributed by atoms with Crippen molar-refractivity contribution in [1.82, 2.24) is 0 Å². The minimum absolute atomic E-state index is 0.108. The van der Waals surface area contributed by atoms with E-state index in [0.717, 1.165) is 15.8 Å². The van der Waals surface area contributed by atoms with E-state index in [1.54, 1.807) is 7.11 Å². The molecular weight excluding hydrogens is 368 g/mol. The molecule has 1 unspecified atom stereocenters. The van der Waals surface area contributed by atoms with Crippen molar-refractivity contribution >= 4 is 31.9 Å². The van der Waals surface area contributed by atoms with Crippen molar-refractivity contribution in [3.05, 3.63) is 63.1 Å². The van der Waals surface area contributed by atoms with Gasteiger partial charge in [-0.15, -0.1) is 0 Å². The Hall–Kier alpha value is -0.800. The van der Waals surface area contributed by atoms with Crippen molar-refractivity contribution in [2.75, 3.05) is 7.11 Å². The molecule has 2 rings (SSSR count). The molecule has 1 atom stereocenters. The summed E-state index contributed by atoms with van der Waals surface area (Å²) in [7, 11) is 1.71. The Morgan fingerprint density at radius 1 is 1.05 bits per heavy atom. The molecule has 3 heteroatoms. The summed E-state index contributed by atoms with van der Waals surface area (Å²) in [6.07, 6.45) is 0. The highest BCUT2D eigenvalue weighted by Gasteiger charge is 2.18. The number of hydrogen-bond acceptors (Lipinski definition) is 1. The Kier molecular flexibility index (Phi) is 4.69. The quantitative estimate of drug-likeness (QED) is 0.630. The molecule has 0 heterocycles. The zero-order valence-electron chi connectivity index (χ0n) is 11.2. The first-order chi connectivity index (χ1) is 9.04. The van der Waals surface area contributed by atoms with Crippen LogP contribution in [0.25, 0.3) is 0 Å². The second-order valence-corrected chi connectivity index (χ2v) is 6.29. The van der Waals surface area contributed by atoms with Crippen LogP contribution >= 0.6 is 31.9 Å². The Morgan fingerprint density at radius 3 is 2.47 bits per heavy atom. The predicted molar refractivity (Wildman–Crippen MR) is 87.4 cm³/mol. The maximum absolute atomic E-state index is 5.47. The van der Waals surface area contributed by atoms with E-state index in [9.17, 15) is 0 Å². The summed E-state index contributed by atoms with van der Waals surface area (Å²) in [6, 6.07) is 12.5. The standard InChI is InChI=1S/C16H16Br2O/c1-10-7-8-14(19-3)13(9-10)16(18)12-6-4-5-11(2)15(12)17/h4-9,16H,1-3H3. The number of alkyl halides is 1. The van der Waals surface area contributed by atoms with Crippen molar-refractivity contribution in [2.45, 2.75) is 18.7 Å². The summed E-state index contributed by atoms with van der Waals surface area (Å²) in [5, 5.41) is 0. The van der Waals surface area contributed by atoms with Crippen molar-refractivity contribution in [3.63, 3.8) is 0 Å². The fraction of sp³-hybridized carbons (Fsp3) is 0.250. The second-order valence-electron chi connectivity index (χ2n) is 4.59. The molecule has 0 fully saturated rings. The molecule has 0 aliphatic heterocycles. The molecule has 100 valence electrons. The highest BCUT2D eigenvalue weighted by Crippen LogP contribution is 2.40. The third kappa shape index (κ3) is 3.03. The van der Waals surface area contributed by atoms with E-state index < -0.39 is 0 Å². The SMILES string of the molecule is COc1ccc(C)cc1C(Br)c1cccc(C)c1Br. The third-order valence-electron chi connectivity index (χ3n) is 3.15. The van der Waals surface area contributed by atoms with Crippen LogP contribution in [0.15, 0.2) is 40.9 Å². The van der Waals surface area contributed by atoms with Crippen LogP contribution in [0.1, 0.15) is 27.1 Å². The van der Waals surface area contributed by atoms with Gasteiger partial charge in [0.05, 0.1) is 11.9 Å². The molecule has 0 saturated heterocycles. The van der Waals surface area contributed by atoms with E-state index in [4.69, 9.17) is 4.74 Å². The van der Waals surface area contributed by atoms with Gasteiger partial charge in [0.2, 0.25) is 0 Å². The smallest absolute Gasteiger partial charge is 0.123 e. The molecule has 0 amide bonds. The van der Waals surface area contributed by atoms with E-state index >= 15 is 0 Å². The average Bonchev–Trinajstić information content (AvgIpc) is 2.41. The van der Waals surface area contributed by atoms with Crippen LogP contribution in [-0.2, 0) is 0 Å². The number of rotatable bonds is 3. The maximum atomic E-state index is 5.47. The van der Waals surface area contributed by atoms with E-state index in [0.29, 0.717) is 0 Å². The van der Waals surface area contributed by atoms with Crippen LogP contribution < -0.4 is 4.74 Å². The maximum Gasteiger partial charge on any atom is 0.123 e. The third-order valence-corrected chi connectivity index (χ3v) is 5.22. The summed E-state index contributed by atoms with van der Waals surface area (Å²) in [5.74, 6) is 0.904. The van der Waals surface area contributed by atoms with E-state index in [2.05, 4.69) is 76.0 Å². The number of hydrogen-bond donors (Lipinski definition) is 0. The van der Waals surface area contributed by atoms with Crippen LogP contribution in [0.4, 0.5) is 0 Å². The van der Waals surface area contributed by atoms with Gasteiger partial charge in [-0.1, -0.05) is 67.8 Å². The van der Waals surface area contributed by atoms with Crippen molar-refractivity contribution in [2.24, 2.45) is 0 Å². The lowest BCUT2D eigenvalue weighted by Gasteiger charge is -2.17. The summed E-state index contributed by atoms with van der Waals surface area (Å²) in [5.41, 5.74) is 4.82. The van der Waals surface area contributed by atoms with Gasteiger partial charge in [-0.3, -0.25) is 0 Å². The Morgan fingerprint density at radius 2 is 1.79 bits per heavy atom. The summed E-state index contributed by atoms with van der Waals surface area (Å²) in [4.78, 5) is 0.108. The lowest BCUT2D eigenvalue weighted by atomic mass is 10.0. The molecule has 2 aromatic carbocycles. The van der Waals surface area contributed by atoms with E-state index in [1.165, 1.54) is 16.7 Å². The van der Waals surface area contributed by atoms with Crippen LogP contribution in [0, 0.1) is 13.8 Å². The highest BCUT2D eigenvalue weighted by molar-refractivity contribution is 9.11. The van der Waals surface area contributed by atoms with Crippen LogP contribution in [0.5, 0.6) is 5.75 Å². The minimum Gasteiger partial charge on any atom is -0.496 e. The van der Waals surface area contributed by atoms with E-state index in [1.807, 2.05) is 6.07 Å². The van der Waals surface area contributed by atoms with Crippen LogP contribution in [-0.4, -0.2) is 7.11 Å². The van der Waals surface area contributed by atoms with Crippen LogP contribution in [0.3, 0.4) is 0 Å². The normalized spacial score (nSPS) is 12.3. The summed E-state index contributed by atoms with van der Waals surface area (Å²) < 4.78 is 6.61. The average molecular weight is 384 g/mol. The Balaban J connectivity index is 2.52. The zero-order chi connectivity index (χ0) is 14.0. The largest absolute Gasteiger partial charge is 0.496 e. The molecular formula is C16H16Br2O. The van der Waals surface area contributed by atoms with Gasteiger partial charge in [0.1, 0.15) is 5.75 Å². The highest BCUT2D eigenvalue weighted by atomic mass is 79.9. The summed E-state index contributed by atoms with van der Waals surface area (Å²) in [6.45, 7) is 4.19. The van der Waals surface area contributed by atoms with Crippen LogP contribution in [0.2, 0.25) is 0 Å². The molecule has 0 aliphatic carbocycles. The lowest BCUT2D eigenvalue weighted by molar-refractivity contribution is 0.410. The van der Waals surface area contributed by atoms with Gasteiger partial charge in [-0.2, -0.15) is 0 Å². The molecule has 19 heavy (non-hydrogen) atoms. The van der Waals surface area contributed by atoms with Gasteiger partial charge in [-0.25, -0.2) is 0 Å². The molecule has 0 saturated carbocycles. The van der Waals surface area contributed by atoms with Gasteiger partial charge in [0.15, 0.2) is 0 Å². The monoisotopic (exact) mass is 382 g/mol. The number of halogens is 2. The minimum atomic E-state index is 0.108. The molecule has 0 aromatic heterocycles. The molecule has 0 aliphatic rings. The summed E-state index contributed by atoms with van der Waals surface area (Å²) >= 11 is 7.47.